The molecule has 0 atom stereocenters. The van der Waals surface area contributed by atoms with Crippen molar-refractivity contribution in [1.82, 2.24) is 14.7 Å². The van der Waals surface area contributed by atoms with Gasteiger partial charge >= 0.3 is 0 Å². The van der Waals surface area contributed by atoms with E-state index in [0.29, 0.717) is 6.04 Å². The number of hydrogen-bond donors (Lipinski definition) is 1. The Morgan fingerprint density at radius 2 is 2.25 bits per heavy atom. The van der Waals surface area contributed by atoms with Gasteiger partial charge < -0.3 is 5.32 Å². The summed E-state index contributed by atoms with van der Waals surface area (Å²) in [6.07, 6.45) is 11.0. The first kappa shape index (κ1) is 10.3. The summed E-state index contributed by atoms with van der Waals surface area (Å²) in [4.78, 5) is 5.67. The summed E-state index contributed by atoms with van der Waals surface area (Å²) in [7, 11) is 0. The van der Waals surface area contributed by atoms with E-state index in [2.05, 4.69) is 32.5 Å². The molecule has 2 aromatic rings. The monoisotopic (exact) mass is 235 g/mol. The average molecular weight is 235 g/mol. The van der Waals surface area contributed by atoms with Gasteiger partial charge in [0.1, 0.15) is 0 Å². The summed E-state index contributed by atoms with van der Waals surface area (Å²) in [6, 6.07) is 0.716. The molecule has 16 heavy (non-hydrogen) atoms. The van der Waals surface area contributed by atoms with E-state index < -0.39 is 0 Å². The summed E-state index contributed by atoms with van der Waals surface area (Å²) in [5.74, 6) is 0. The molecule has 1 fully saturated rings. The lowest BCUT2D eigenvalue weighted by Gasteiger charge is -2.22. The first-order valence-electron chi connectivity index (χ1n) is 6.06. The fourth-order valence-corrected chi connectivity index (χ4v) is 3.14. The Kier molecular flexibility index (Phi) is 2.93. The van der Waals surface area contributed by atoms with Gasteiger partial charge in [-0.25, -0.2) is 4.98 Å². The minimum atomic E-state index is 0.716. The maximum Gasteiger partial charge on any atom is 0.193 e. The standard InChI is InChI=1S/C12H17N3S/c1-2-4-10(5-3-1)13-8-11-9-15-6-7-16-12(15)14-11/h6-7,9-10,13H,1-5,8H2. The van der Waals surface area contributed by atoms with Gasteiger partial charge in [0.2, 0.25) is 0 Å². The Labute approximate surface area is 99.5 Å². The number of nitrogens with one attached hydrogen (secondary N) is 1. The van der Waals surface area contributed by atoms with Crippen LogP contribution in [0.2, 0.25) is 0 Å². The van der Waals surface area contributed by atoms with E-state index in [9.17, 15) is 0 Å². The van der Waals surface area contributed by atoms with E-state index in [1.807, 2.05) is 0 Å². The Morgan fingerprint density at radius 1 is 1.38 bits per heavy atom. The van der Waals surface area contributed by atoms with Gasteiger partial charge in [-0.3, -0.25) is 4.40 Å². The molecule has 2 aromatic heterocycles. The molecule has 0 saturated heterocycles. The molecular weight excluding hydrogens is 218 g/mol. The molecule has 3 nitrogen and oxygen atoms in total. The van der Waals surface area contributed by atoms with E-state index >= 15 is 0 Å². The molecule has 0 aromatic carbocycles. The lowest BCUT2D eigenvalue weighted by atomic mass is 9.95. The first-order valence-corrected chi connectivity index (χ1v) is 6.94. The Morgan fingerprint density at radius 3 is 3.06 bits per heavy atom. The third kappa shape index (κ3) is 2.13. The van der Waals surface area contributed by atoms with Crippen LogP contribution >= 0.6 is 11.3 Å². The summed E-state index contributed by atoms with van der Waals surface area (Å²) in [6.45, 7) is 0.916. The highest BCUT2D eigenvalue weighted by Gasteiger charge is 2.13. The number of rotatable bonds is 3. The highest BCUT2D eigenvalue weighted by molar-refractivity contribution is 7.15. The Bertz CT molecular complexity index is 425. The first-order chi connectivity index (χ1) is 7.92. The van der Waals surface area contributed by atoms with Gasteiger partial charge in [0.15, 0.2) is 4.96 Å². The molecular formula is C12H17N3S. The van der Waals surface area contributed by atoms with E-state index in [1.165, 1.54) is 32.1 Å². The Balaban J connectivity index is 1.59. The SMILES string of the molecule is c1cn2cc(CNC3CCCCC3)nc2s1. The van der Waals surface area contributed by atoms with Crippen LogP contribution in [0.4, 0.5) is 0 Å². The van der Waals surface area contributed by atoms with Crippen molar-refractivity contribution in [2.24, 2.45) is 0 Å². The predicted molar refractivity (Wildman–Crippen MR) is 66.8 cm³/mol. The molecule has 0 amide bonds. The summed E-state index contributed by atoms with van der Waals surface area (Å²) >= 11 is 1.69. The van der Waals surface area contributed by atoms with Crippen LogP contribution < -0.4 is 5.32 Å². The zero-order valence-corrected chi connectivity index (χ0v) is 10.2. The molecule has 3 rings (SSSR count). The van der Waals surface area contributed by atoms with Crippen molar-refractivity contribution in [1.29, 1.82) is 0 Å². The number of aromatic nitrogens is 2. The zero-order chi connectivity index (χ0) is 10.8. The van der Waals surface area contributed by atoms with Crippen LogP contribution in [0.25, 0.3) is 4.96 Å². The number of fused-ring (bicyclic) bond motifs is 1. The smallest absolute Gasteiger partial charge is 0.193 e. The van der Waals surface area contributed by atoms with Gasteiger partial charge in [-0.05, 0) is 12.8 Å². The minimum Gasteiger partial charge on any atom is -0.308 e. The van der Waals surface area contributed by atoms with Crippen LogP contribution in [0.5, 0.6) is 0 Å². The minimum absolute atomic E-state index is 0.716. The molecule has 0 aliphatic heterocycles. The molecule has 1 aliphatic rings. The molecule has 0 bridgehead atoms. The van der Waals surface area contributed by atoms with Crippen LogP contribution in [0.1, 0.15) is 37.8 Å². The van der Waals surface area contributed by atoms with Gasteiger partial charge in [-0.1, -0.05) is 19.3 Å². The largest absolute Gasteiger partial charge is 0.308 e. The molecule has 0 radical (unpaired) electrons. The third-order valence-electron chi connectivity index (χ3n) is 3.32. The quantitative estimate of drug-likeness (QED) is 0.886. The molecule has 0 unspecified atom stereocenters. The number of nitrogens with zero attached hydrogens (tertiary/aromatic N) is 2. The second-order valence-electron chi connectivity index (χ2n) is 4.54. The second-order valence-corrected chi connectivity index (χ2v) is 5.41. The fraction of sp³-hybridized carbons (Fsp3) is 0.583. The van der Waals surface area contributed by atoms with Crippen molar-refractivity contribution in [3.63, 3.8) is 0 Å². The zero-order valence-electron chi connectivity index (χ0n) is 9.35. The normalized spacial score (nSPS) is 18.2. The van der Waals surface area contributed by atoms with Crippen molar-refractivity contribution < 1.29 is 0 Å². The lowest BCUT2D eigenvalue weighted by molar-refractivity contribution is 0.371. The van der Waals surface area contributed by atoms with Crippen molar-refractivity contribution in [3.8, 4) is 0 Å². The summed E-state index contributed by atoms with van der Waals surface area (Å²) in [5, 5.41) is 5.69. The van der Waals surface area contributed by atoms with E-state index in [-0.39, 0.29) is 0 Å². The van der Waals surface area contributed by atoms with Crippen molar-refractivity contribution in [3.05, 3.63) is 23.5 Å². The van der Waals surface area contributed by atoms with E-state index in [4.69, 9.17) is 0 Å². The van der Waals surface area contributed by atoms with Crippen LogP contribution in [0, 0.1) is 0 Å². The molecule has 0 spiro atoms. The predicted octanol–water partition coefficient (Wildman–Crippen LogP) is 2.82. The van der Waals surface area contributed by atoms with Crippen molar-refractivity contribution in [2.45, 2.75) is 44.7 Å². The number of imidazole rings is 1. The average Bonchev–Trinajstić information content (AvgIpc) is 2.88. The highest BCUT2D eigenvalue weighted by Crippen LogP contribution is 2.18. The van der Waals surface area contributed by atoms with Crippen LogP contribution in [-0.4, -0.2) is 15.4 Å². The maximum atomic E-state index is 4.58. The van der Waals surface area contributed by atoms with Gasteiger partial charge in [0, 0.05) is 30.4 Å². The molecule has 1 saturated carbocycles. The highest BCUT2D eigenvalue weighted by atomic mass is 32.1. The van der Waals surface area contributed by atoms with Gasteiger partial charge in [-0.15, -0.1) is 11.3 Å². The van der Waals surface area contributed by atoms with Crippen LogP contribution in [-0.2, 0) is 6.54 Å². The van der Waals surface area contributed by atoms with Crippen LogP contribution in [0.15, 0.2) is 17.8 Å². The summed E-state index contributed by atoms with van der Waals surface area (Å²) in [5.41, 5.74) is 1.16. The van der Waals surface area contributed by atoms with E-state index in [0.717, 1.165) is 17.2 Å². The molecule has 1 aliphatic carbocycles. The third-order valence-corrected chi connectivity index (χ3v) is 4.09. The number of thiazole rings is 1. The molecule has 2 heterocycles. The molecule has 4 heteroatoms. The lowest BCUT2D eigenvalue weighted by Crippen LogP contribution is -2.30. The van der Waals surface area contributed by atoms with Crippen molar-refractivity contribution >= 4 is 16.3 Å². The van der Waals surface area contributed by atoms with Crippen molar-refractivity contribution in [2.75, 3.05) is 0 Å². The van der Waals surface area contributed by atoms with Crippen LogP contribution in [0.3, 0.4) is 0 Å². The van der Waals surface area contributed by atoms with Gasteiger partial charge in [-0.2, -0.15) is 0 Å². The summed E-state index contributed by atoms with van der Waals surface area (Å²) < 4.78 is 2.10. The van der Waals surface area contributed by atoms with Gasteiger partial charge in [0.05, 0.1) is 5.69 Å². The topological polar surface area (TPSA) is 29.3 Å². The fourth-order valence-electron chi connectivity index (χ4n) is 2.42. The van der Waals surface area contributed by atoms with E-state index in [1.54, 1.807) is 11.3 Å². The second kappa shape index (κ2) is 4.55. The Hall–Kier alpha value is -0.870. The maximum absolute atomic E-state index is 4.58. The van der Waals surface area contributed by atoms with Gasteiger partial charge in [0.25, 0.3) is 0 Å². The number of hydrogen-bond acceptors (Lipinski definition) is 3. The molecule has 1 N–H and O–H groups in total. The molecule has 86 valence electrons.